The van der Waals surface area contributed by atoms with Gasteiger partial charge < -0.3 is 0 Å². The molecular formula is C13H23ClN2. The number of hydrogen-bond donors (Lipinski definition) is 0. The maximum atomic E-state index is 6.02. The Hall–Kier alpha value is -0.500. The van der Waals surface area contributed by atoms with Crippen LogP contribution < -0.4 is 0 Å². The predicted molar refractivity (Wildman–Crippen MR) is 70.0 cm³/mol. The first-order valence-electron chi connectivity index (χ1n) is 6.14. The second-order valence-electron chi connectivity index (χ2n) is 4.96. The fraction of sp³-hybridized carbons (Fsp3) is 0.769. The summed E-state index contributed by atoms with van der Waals surface area (Å²) < 4.78 is 2.00. The number of halogens is 1. The van der Waals surface area contributed by atoms with E-state index in [4.69, 9.17) is 11.6 Å². The average Bonchev–Trinajstić information content (AvgIpc) is 2.58. The van der Waals surface area contributed by atoms with Gasteiger partial charge in [-0.05, 0) is 37.2 Å². The van der Waals surface area contributed by atoms with Crippen LogP contribution >= 0.6 is 11.6 Å². The molecule has 1 rings (SSSR count). The maximum Gasteiger partial charge on any atom is 0.0624 e. The molecular weight excluding hydrogens is 220 g/mol. The molecule has 0 spiro atoms. The Bertz CT molecular complexity index is 318. The van der Waals surface area contributed by atoms with Crippen molar-refractivity contribution in [3.05, 3.63) is 17.5 Å². The van der Waals surface area contributed by atoms with Gasteiger partial charge in [0.15, 0.2) is 0 Å². The molecule has 0 radical (unpaired) electrons. The van der Waals surface area contributed by atoms with Crippen LogP contribution in [-0.2, 0) is 19.9 Å². The molecule has 0 aromatic carbocycles. The van der Waals surface area contributed by atoms with Crippen LogP contribution in [-0.4, -0.2) is 15.7 Å². The summed E-state index contributed by atoms with van der Waals surface area (Å²) in [5.74, 6) is 2.02. The third-order valence-electron chi connectivity index (χ3n) is 2.91. The van der Waals surface area contributed by atoms with E-state index in [2.05, 4.69) is 31.9 Å². The number of alkyl halides is 1. The molecule has 0 saturated heterocycles. The minimum Gasteiger partial charge on any atom is -0.272 e. The van der Waals surface area contributed by atoms with E-state index in [9.17, 15) is 0 Å². The van der Waals surface area contributed by atoms with E-state index in [1.807, 2.05) is 11.7 Å². The van der Waals surface area contributed by atoms with Crippen molar-refractivity contribution >= 4 is 11.6 Å². The first-order valence-corrected chi connectivity index (χ1v) is 6.68. The normalized spacial score (nSPS) is 13.4. The van der Waals surface area contributed by atoms with Crippen LogP contribution in [0.2, 0.25) is 0 Å². The molecule has 3 heteroatoms. The van der Waals surface area contributed by atoms with E-state index >= 15 is 0 Å². The molecule has 0 fully saturated rings. The molecule has 16 heavy (non-hydrogen) atoms. The van der Waals surface area contributed by atoms with Gasteiger partial charge >= 0.3 is 0 Å². The van der Waals surface area contributed by atoms with Gasteiger partial charge in [0.25, 0.3) is 0 Å². The summed E-state index contributed by atoms with van der Waals surface area (Å²) >= 11 is 6.02. The summed E-state index contributed by atoms with van der Waals surface area (Å²) in [7, 11) is 2.02. The smallest absolute Gasteiger partial charge is 0.0624 e. The van der Waals surface area contributed by atoms with Crippen LogP contribution in [0.5, 0.6) is 0 Å². The van der Waals surface area contributed by atoms with E-state index in [0.717, 1.165) is 18.7 Å². The van der Waals surface area contributed by atoms with Crippen LogP contribution in [0.3, 0.4) is 0 Å². The summed E-state index contributed by atoms with van der Waals surface area (Å²) in [6.07, 6.45) is 3.24. The average molecular weight is 243 g/mol. The molecule has 92 valence electrons. The summed E-state index contributed by atoms with van der Waals surface area (Å²) in [5, 5.41) is 4.47. The lowest BCUT2D eigenvalue weighted by Crippen LogP contribution is -2.12. The molecule has 0 aliphatic heterocycles. The largest absolute Gasteiger partial charge is 0.272 e. The van der Waals surface area contributed by atoms with Gasteiger partial charge in [-0.3, -0.25) is 4.68 Å². The number of rotatable bonds is 6. The van der Waals surface area contributed by atoms with E-state index < -0.39 is 0 Å². The van der Waals surface area contributed by atoms with Crippen molar-refractivity contribution in [2.24, 2.45) is 18.9 Å². The fourth-order valence-corrected chi connectivity index (χ4v) is 2.33. The Morgan fingerprint density at radius 3 is 2.56 bits per heavy atom. The minimum absolute atomic E-state index is 0.571. The SMILES string of the molecule is CCc1cc(CC(CCl)CC(C)C)n(C)n1. The van der Waals surface area contributed by atoms with E-state index in [1.165, 1.54) is 17.8 Å². The second kappa shape index (κ2) is 6.29. The molecule has 1 aromatic rings. The molecule has 1 heterocycles. The number of hydrogen-bond acceptors (Lipinski definition) is 1. The van der Waals surface area contributed by atoms with Crippen LogP contribution in [0, 0.1) is 11.8 Å². The van der Waals surface area contributed by atoms with Crippen molar-refractivity contribution < 1.29 is 0 Å². The molecule has 0 aliphatic rings. The molecule has 2 nitrogen and oxygen atoms in total. The zero-order valence-corrected chi connectivity index (χ0v) is 11.6. The summed E-state index contributed by atoms with van der Waals surface area (Å²) in [6.45, 7) is 6.64. The van der Waals surface area contributed by atoms with Crippen molar-refractivity contribution in [3.8, 4) is 0 Å². The summed E-state index contributed by atoms with van der Waals surface area (Å²) in [4.78, 5) is 0. The van der Waals surface area contributed by atoms with Crippen LogP contribution in [0.1, 0.15) is 38.6 Å². The Morgan fingerprint density at radius 1 is 1.44 bits per heavy atom. The molecule has 1 aromatic heterocycles. The monoisotopic (exact) mass is 242 g/mol. The Kier molecular flexibility index (Phi) is 5.33. The van der Waals surface area contributed by atoms with Crippen molar-refractivity contribution in [1.82, 2.24) is 9.78 Å². The zero-order chi connectivity index (χ0) is 12.1. The van der Waals surface area contributed by atoms with Crippen molar-refractivity contribution in [2.75, 3.05) is 5.88 Å². The van der Waals surface area contributed by atoms with Gasteiger partial charge in [0.1, 0.15) is 0 Å². The second-order valence-corrected chi connectivity index (χ2v) is 5.27. The third kappa shape index (κ3) is 3.82. The van der Waals surface area contributed by atoms with Gasteiger partial charge in [-0.2, -0.15) is 5.10 Å². The number of aromatic nitrogens is 2. The van der Waals surface area contributed by atoms with Gasteiger partial charge in [0, 0.05) is 18.6 Å². The first kappa shape index (κ1) is 13.6. The third-order valence-corrected chi connectivity index (χ3v) is 3.35. The highest BCUT2D eigenvalue weighted by molar-refractivity contribution is 6.18. The molecule has 1 atom stereocenters. The fourth-order valence-electron chi connectivity index (χ4n) is 2.10. The zero-order valence-electron chi connectivity index (χ0n) is 10.8. The van der Waals surface area contributed by atoms with Gasteiger partial charge in [0.05, 0.1) is 5.69 Å². The lowest BCUT2D eigenvalue weighted by molar-refractivity contribution is 0.432. The highest BCUT2D eigenvalue weighted by Crippen LogP contribution is 2.19. The molecule has 0 N–H and O–H groups in total. The highest BCUT2D eigenvalue weighted by atomic mass is 35.5. The number of nitrogens with zero attached hydrogens (tertiary/aromatic N) is 2. The van der Waals surface area contributed by atoms with Gasteiger partial charge in [-0.25, -0.2) is 0 Å². The predicted octanol–water partition coefficient (Wildman–Crippen LogP) is 3.43. The lowest BCUT2D eigenvalue weighted by atomic mass is 9.94. The van der Waals surface area contributed by atoms with Crippen molar-refractivity contribution in [1.29, 1.82) is 0 Å². The maximum absolute atomic E-state index is 6.02. The first-order chi connectivity index (χ1) is 7.56. The van der Waals surface area contributed by atoms with Crippen molar-refractivity contribution in [3.63, 3.8) is 0 Å². The van der Waals surface area contributed by atoms with Crippen LogP contribution in [0.25, 0.3) is 0 Å². The van der Waals surface area contributed by atoms with Crippen LogP contribution in [0.4, 0.5) is 0 Å². The topological polar surface area (TPSA) is 17.8 Å². The quantitative estimate of drug-likeness (QED) is 0.699. The summed E-state index contributed by atoms with van der Waals surface area (Å²) in [6, 6.07) is 2.21. The Balaban J connectivity index is 2.65. The molecule has 0 bridgehead atoms. The Labute approximate surface area is 104 Å². The minimum atomic E-state index is 0.571. The molecule has 0 saturated carbocycles. The summed E-state index contributed by atoms with van der Waals surface area (Å²) in [5.41, 5.74) is 2.48. The highest BCUT2D eigenvalue weighted by Gasteiger charge is 2.13. The van der Waals surface area contributed by atoms with E-state index in [1.54, 1.807) is 0 Å². The van der Waals surface area contributed by atoms with Gasteiger partial charge in [-0.1, -0.05) is 20.8 Å². The Morgan fingerprint density at radius 2 is 2.12 bits per heavy atom. The van der Waals surface area contributed by atoms with E-state index in [-0.39, 0.29) is 0 Å². The van der Waals surface area contributed by atoms with E-state index in [0.29, 0.717) is 11.8 Å². The molecule has 0 amide bonds. The van der Waals surface area contributed by atoms with Crippen LogP contribution in [0.15, 0.2) is 6.07 Å². The lowest BCUT2D eigenvalue weighted by Gasteiger charge is -2.15. The molecule has 0 aliphatic carbocycles. The number of aryl methyl sites for hydroxylation is 2. The van der Waals surface area contributed by atoms with Crippen molar-refractivity contribution in [2.45, 2.75) is 40.0 Å². The standard InChI is InChI=1S/C13H23ClN2/c1-5-12-8-13(16(4)15-12)7-11(9-14)6-10(2)3/h8,10-11H,5-7,9H2,1-4H3. The van der Waals surface area contributed by atoms with Gasteiger partial charge in [0.2, 0.25) is 0 Å². The molecule has 1 unspecified atom stereocenters. The van der Waals surface area contributed by atoms with Gasteiger partial charge in [-0.15, -0.1) is 11.6 Å².